The van der Waals surface area contributed by atoms with E-state index in [1.807, 2.05) is 19.9 Å². The van der Waals surface area contributed by atoms with E-state index < -0.39 is 5.91 Å². The van der Waals surface area contributed by atoms with Crippen molar-refractivity contribution in [1.29, 1.82) is 0 Å². The Hall–Kier alpha value is -3.20. The number of amides is 1. The molecule has 0 saturated carbocycles. The summed E-state index contributed by atoms with van der Waals surface area (Å²) in [6.07, 6.45) is 0. The first-order chi connectivity index (χ1) is 14.4. The largest absolute Gasteiger partial charge is 0.493 e. The van der Waals surface area contributed by atoms with E-state index >= 15 is 0 Å². The van der Waals surface area contributed by atoms with Crippen LogP contribution in [0.15, 0.2) is 24.3 Å². The predicted molar refractivity (Wildman–Crippen MR) is 114 cm³/mol. The van der Waals surface area contributed by atoms with E-state index in [1.54, 1.807) is 29.8 Å². The molecule has 2 aromatic heterocycles. The highest BCUT2D eigenvalue weighted by molar-refractivity contribution is 6.01. The zero-order valence-corrected chi connectivity index (χ0v) is 18.1. The molecule has 0 unspecified atom stereocenters. The van der Waals surface area contributed by atoms with Crippen LogP contribution in [0.1, 0.15) is 35.9 Å². The van der Waals surface area contributed by atoms with E-state index in [-0.39, 0.29) is 5.82 Å². The highest BCUT2D eigenvalue weighted by atomic mass is 16.5. The van der Waals surface area contributed by atoms with Gasteiger partial charge in [-0.15, -0.1) is 5.10 Å². The third kappa shape index (κ3) is 4.85. The standard InChI is InChI=1S/C21H28N6O3/c1-6-26(7-2)10-11-30-18-13-16(8-9-17(18)29-5)23-20(28)19-24-21-22-14(3)12-15(4)27(21)25-19/h8-9,12-13H,6-7,10-11H2,1-5H3,(H,23,28). The average Bonchev–Trinajstić information content (AvgIpc) is 3.16. The molecule has 9 nitrogen and oxygen atoms in total. The summed E-state index contributed by atoms with van der Waals surface area (Å²) in [5, 5.41) is 7.08. The minimum atomic E-state index is -0.420. The lowest BCUT2D eigenvalue weighted by Gasteiger charge is -2.19. The smallest absolute Gasteiger partial charge is 0.295 e. The fraction of sp³-hybridized carbons (Fsp3) is 0.429. The van der Waals surface area contributed by atoms with Gasteiger partial charge in [-0.05, 0) is 45.1 Å². The summed E-state index contributed by atoms with van der Waals surface area (Å²) in [7, 11) is 1.59. The third-order valence-corrected chi connectivity index (χ3v) is 4.80. The maximum atomic E-state index is 12.7. The molecule has 0 spiro atoms. The number of likely N-dealkylation sites (N-methyl/N-ethyl adjacent to an activating group) is 1. The summed E-state index contributed by atoms with van der Waals surface area (Å²) in [6, 6.07) is 7.13. The van der Waals surface area contributed by atoms with E-state index in [4.69, 9.17) is 9.47 Å². The lowest BCUT2D eigenvalue weighted by atomic mass is 10.2. The summed E-state index contributed by atoms with van der Waals surface area (Å²) in [5.41, 5.74) is 2.25. The Balaban J connectivity index is 1.74. The molecule has 30 heavy (non-hydrogen) atoms. The number of ether oxygens (including phenoxy) is 2. The molecule has 0 bridgehead atoms. The second kappa shape index (κ2) is 9.53. The highest BCUT2D eigenvalue weighted by Crippen LogP contribution is 2.30. The van der Waals surface area contributed by atoms with Crippen LogP contribution >= 0.6 is 0 Å². The van der Waals surface area contributed by atoms with Gasteiger partial charge in [0.1, 0.15) is 6.61 Å². The number of carbonyl (C=O) groups excluding carboxylic acids is 1. The van der Waals surface area contributed by atoms with Crippen LogP contribution in [0.2, 0.25) is 0 Å². The number of nitrogens with one attached hydrogen (secondary N) is 1. The van der Waals surface area contributed by atoms with Crippen LogP contribution in [0.4, 0.5) is 5.69 Å². The van der Waals surface area contributed by atoms with Crippen molar-refractivity contribution in [2.24, 2.45) is 0 Å². The van der Waals surface area contributed by atoms with Crippen LogP contribution in [0, 0.1) is 13.8 Å². The zero-order valence-electron chi connectivity index (χ0n) is 18.1. The number of hydrogen-bond donors (Lipinski definition) is 1. The number of hydrogen-bond acceptors (Lipinski definition) is 7. The zero-order chi connectivity index (χ0) is 21.7. The predicted octanol–water partition coefficient (Wildman–Crippen LogP) is 2.72. The normalized spacial score (nSPS) is 11.1. The molecule has 0 aliphatic heterocycles. The molecule has 9 heteroatoms. The Kier molecular flexibility index (Phi) is 6.83. The van der Waals surface area contributed by atoms with Crippen LogP contribution in [-0.2, 0) is 0 Å². The maximum absolute atomic E-state index is 12.7. The number of methoxy groups -OCH3 is 1. The lowest BCUT2D eigenvalue weighted by molar-refractivity contribution is 0.101. The quantitative estimate of drug-likeness (QED) is 0.577. The van der Waals surface area contributed by atoms with Gasteiger partial charge in [0.05, 0.1) is 7.11 Å². The van der Waals surface area contributed by atoms with Crippen molar-refractivity contribution in [3.63, 3.8) is 0 Å². The number of rotatable bonds is 9. The van der Waals surface area contributed by atoms with E-state index in [0.717, 1.165) is 31.0 Å². The highest BCUT2D eigenvalue weighted by Gasteiger charge is 2.16. The molecular weight excluding hydrogens is 384 g/mol. The first kappa shape index (κ1) is 21.5. The van der Waals surface area contributed by atoms with Crippen molar-refractivity contribution in [3.05, 3.63) is 41.5 Å². The fourth-order valence-electron chi connectivity index (χ4n) is 3.14. The molecule has 0 radical (unpaired) electrons. The van der Waals surface area contributed by atoms with Crippen LogP contribution in [0.5, 0.6) is 11.5 Å². The Morgan fingerprint density at radius 2 is 1.90 bits per heavy atom. The summed E-state index contributed by atoms with van der Waals surface area (Å²) in [5.74, 6) is 1.20. The molecule has 3 rings (SSSR count). The fourth-order valence-corrected chi connectivity index (χ4v) is 3.14. The van der Waals surface area contributed by atoms with Gasteiger partial charge in [-0.1, -0.05) is 13.8 Å². The monoisotopic (exact) mass is 412 g/mol. The first-order valence-electron chi connectivity index (χ1n) is 10.0. The second-order valence-electron chi connectivity index (χ2n) is 6.88. The number of fused-ring (bicyclic) bond motifs is 1. The van der Waals surface area contributed by atoms with Gasteiger partial charge >= 0.3 is 0 Å². The number of anilines is 1. The van der Waals surface area contributed by atoms with Crippen molar-refractivity contribution in [2.45, 2.75) is 27.7 Å². The molecule has 1 N–H and O–H groups in total. The summed E-state index contributed by atoms with van der Waals surface area (Å²) in [4.78, 5) is 23.5. The lowest BCUT2D eigenvalue weighted by Crippen LogP contribution is -2.28. The first-order valence-corrected chi connectivity index (χ1v) is 10.0. The van der Waals surface area contributed by atoms with Crippen LogP contribution in [0.3, 0.4) is 0 Å². The second-order valence-corrected chi connectivity index (χ2v) is 6.88. The number of benzene rings is 1. The van der Waals surface area contributed by atoms with Crippen molar-refractivity contribution in [2.75, 3.05) is 38.7 Å². The van der Waals surface area contributed by atoms with E-state index in [9.17, 15) is 4.79 Å². The molecule has 1 amide bonds. The third-order valence-electron chi connectivity index (χ3n) is 4.80. The van der Waals surface area contributed by atoms with Gasteiger partial charge in [-0.3, -0.25) is 4.79 Å². The molecular formula is C21H28N6O3. The van der Waals surface area contributed by atoms with E-state index in [2.05, 4.69) is 39.1 Å². The van der Waals surface area contributed by atoms with Gasteiger partial charge in [0.25, 0.3) is 11.7 Å². The van der Waals surface area contributed by atoms with Gasteiger partial charge in [0.2, 0.25) is 5.82 Å². The molecule has 160 valence electrons. The number of nitrogens with zero attached hydrogens (tertiary/aromatic N) is 5. The summed E-state index contributed by atoms with van der Waals surface area (Å²) >= 11 is 0. The van der Waals surface area contributed by atoms with Crippen LogP contribution in [0.25, 0.3) is 5.78 Å². The molecule has 0 saturated heterocycles. The number of carbonyl (C=O) groups is 1. The Morgan fingerprint density at radius 1 is 1.13 bits per heavy atom. The SMILES string of the molecule is CCN(CC)CCOc1cc(NC(=O)c2nc3nc(C)cc(C)n3n2)ccc1OC. The topological polar surface area (TPSA) is 93.9 Å². The van der Waals surface area contributed by atoms with Crippen molar-refractivity contribution in [3.8, 4) is 11.5 Å². The average molecular weight is 412 g/mol. The Labute approximate surface area is 176 Å². The van der Waals surface area contributed by atoms with Gasteiger partial charge in [-0.25, -0.2) is 9.50 Å². The number of aromatic nitrogens is 4. The van der Waals surface area contributed by atoms with E-state index in [1.165, 1.54) is 0 Å². The molecule has 0 aliphatic carbocycles. The van der Waals surface area contributed by atoms with Crippen molar-refractivity contribution in [1.82, 2.24) is 24.5 Å². The van der Waals surface area contributed by atoms with Crippen LogP contribution in [-0.4, -0.2) is 63.7 Å². The molecule has 0 aliphatic rings. The van der Waals surface area contributed by atoms with Crippen molar-refractivity contribution >= 4 is 17.4 Å². The number of aryl methyl sites for hydroxylation is 2. The molecule has 0 fully saturated rings. The van der Waals surface area contributed by atoms with Gasteiger partial charge in [-0.2, -0.15) is 4.98 Å². The van der Waals surface area contributed by atoms with Crippen molar-refractivity contribution < 1.29 is 14.3 Å². The Morgan fingerprint density at radius 3 is 2.60 bits per heavy atom. The van der Waals surface area contributed by atoms with Gasteiger partial charge in [0, 0.05) is 29.7 Å². The minimum Gasteiger partial charge on any atom is -0.493 e. The minimum absolute atomic E-state index is 0.0519. The molecule has 3 aromatic rings. The molecule has 1 aromatic carbocycles. The van der Waals surface area contributed by atoms with E-state index in [0.29, 0.717) is 29.6 Å². The van der Waals surface area contributed by atoms with Crippen LogP contribution < -0.4 is 14.8 Å². The Bertz CT molecular complexity index is 1030. The van der Waals surface area contributed by atoms with Gasteiger partial charge < -0.3 is 19.7 Å². The summed E-state index contributed by atoms with van der Waals surface area (Å²) < 4.78 is 12.8. The summed E-state index contributed by atoms with van der Waals surface area (Å²) in [6.45, 7) is 11.3. The molecule has 0 atom stereocenters. The molecule has 2 heterocycles. The van der Waals surface area contributed by atoms with Gasteiger partial charge in [0.15, 0.2) is 11.5 Å². The maximum Gasteiger partial charge on any atom is 0.295 e.